The Kier molecular flexibility index (Phi) is 1.79. The Morgan fingerprint density at radius 1 is 1.46 bits per heavy atom. The fraction of sp³-hybridized carbons (Fsp3) is 0.182. The summed E-state index contributed by atoms with van der Waals surface area (Å²) in [7, 11) is 0. The molecule has 0 fully saturated rings. The number of rotatable bonds is 0. The van der Waals surface area contributed by atoms with Crippen molar-refractivity contribution in [1.82, 2.24) is 0 Å². The molecule has 2 heteroatoms. The number of hydrogen-bond donors (Lipinski definition) is 0. The van der Waals surface area contributed by atoms with E-state index < -0.39 is 0 Å². The SMILES string of the molecule is CC1=CCOc2c(C#N)cccc21. The maximum atomic E-state index is 8.83. The van der Waals surface area contributed by atoms with E-state index >= 15 is 0 Å². The Morgan fingerprint density at radius 2 is 2.31 bits per heavy atom. The van der Waals surface area contributed by atoms with Crippen LogP contribution in [0.15, 0.2) is 24.3 Å². The quantitative estimate of drug-likeness (QED) is 0.600. The molecular formula is C11H9NO. The Morgan fingerprint density at radius 3 is 3.08 bits per heavy atom. The molecule has 64 valence electrons. The van der Waals surface area contributed by atoms with Gasteiger partial charge in [-0.05, 0) is 24.6 Å². The van der Waals surface area contributed by atoms with Crippen LogP contribution in [0, 0.1) is 11.3 Å². The fourth-order valence-corrected chi connectivity index (χ4v) is 1.45. The minimum absolute atomic E-state index is 0.567. The van der Waals surface area contributed by atoms with E-state index in [1.807, 2.05) is 25.1 Å². The molecule has 0 radical (unpaired) electrons. The second-order valence-electron chi connectivity index (χ2n) is 2.99. The molecule has 0 atom stereocenters. The van der Waals surface area contributed by atoms with Crippen LogP contribution in [0.2, 0.25) is 0 Å². The predicted octanol–water partition coefficient (Wildman–Crippen LogP) is 2.35. The number of benzene rings is 1. The minimum atomic E-state index is 0.567. The number of para-hydroxylation sites is 1. The van der Waals surface area contributed by atoms with Crippen LogP contribution in [-0.4, -0.2) is 6.61 Å². The predicted molar refractivity (Wildman–Crippen MR) is 50.3 cm³/mol. The number of fused-ring (bicyclic) bond motifs is 1. The normalized spacial score (nSPS) is 13.7. The van der Waals surface area contributed by atoms with E-state index in [9.17, 15) is 0 Å². The number of ether oxygens (including phenoxy) is 1. The molecule has 1 aromatic rings. The summed E-state index contributed by atoms with van der Waals surface area (Å²) >= 11 is 0. The monoisotopic (exact) mass is 171 g/mol. The van der Waals surface area contributed by atoms with Gasteiger partial charge in [-0.15, -0.1) is 0 Å². The average Bonchev–Trinajstić information content (AvgIpc) is 2.18. The minimum Gasteiger partial charge on any atom is -0.487 e. The Labute approximate surface area is 77.1 Å². The zero-order valence-electron chi connectivity index (χ0n) is 7.37. The van der Waals surface area contributed by atoms with Gasteiger partial charge in [-0.3, -0.25) is 0 Å². The van der Waals surface area contributed by atoms with Crippen LogP contribution in [-0.2, 0) is 0 Å². The highest BCUT2D eigenvalue weighted by molar-refractivity contribution is 5.73. The standard InChI is InChI=1S/C11H9NO/c1-8-5-6-13-11-9(7-12)3-2-4-10(8)11/h2-5H,6H2,1H3. The maximum Gasteiger partial charge on any atom is 0.145 e. The molecule has 0 aliphatic carbocycles. The number of nitrogens with zero attached hydrogens (tertiary/aromatic N) is 1. The van der Waals surface area contributed by atoms with Crippen LogP contribution in [0.4, 0.5) is 0 Å². The molecular weight excluding hydrogens is 162 g/mol. The van der Waals surface area contributed by atoms with Gasteiger partial charge in [0.05, 0.1) is 5.56 Å². The third-order valence-electron chi connectivity index (χ3n) is 2.18. The molecule has 1 aliphatic rings. The first-order valence-electron chi connectivity index (χ1n) is 4.16. The van der Waals surface area contributed by atoms with E-state index in [0.717, 1.165) is 11.3 Å². The van der Waals surface area contributed by atoms with Crippen LogP contribution in [0.5, 0.6) is 5.75 Å². The molecule has 13 heavy (non-hydrogen) atoms. The molecule has 0 N–H and O–H groups in total. The average molecular weight is 171 g/mol. The van der Waals surface area contributed by atoms with Crippen molar-refractivity contribution in [1.29, 1.82) is 5.26 Å². The molecule has 0 saturated heterocycles. The smallest absolute Gasteiger partial charge is 0.145 e. The highest BCUT2D eigenvalue weighted by atomic mass is 16.5. The van der Waals surface area contributed by atoms with Crippen LogP contribution in [0.3, 0.4) is 0 Å². The lowest BCUT2D eigenvalue weighted by Crippen LogP contribution is -2.04. The topological polar surface area (TPSA) is 33.0 Å². The van der Waals surface area contributed by atoms with Crippen molar-refractivity contribution in [3.63, 3.8) is 0 Å². The van der Waals surface area contributed by atoms with Crippen LogP contribution >= 0.6 is 0 Å². The van der Waals surface area contributed by atoms with Crippen molar-refractivity contribution in [2.24, 2.45) is 0 Å². The zero-order chi connectivity index (χ0) is 9.26. The number of nitriles is 1. The summed E-state index contributed by atoms with van der Waals surface area (Å²) in [5, 5.41) is 8.83. The molecule has 0 aromatic heterocycles. The molecule has 0 spiro atoms. The highest BCUT2D eigenvalue weighted by Crippen LogP contribution is 2.31. The fourth-order valence-electron chi connectivity index (χ4n) is 1.45. The number of hydrogen-bond acceptors (Lipinski definition) is 2. The lowest BCUT2D eigenvalue weighted by Gasteiger charge is -2.16. The summed E-state index contributed by atoms with van der Waals surface area (Å²) in [6.07, 6.45) is 2.02. The van der Waals surface area contributed by atoms with Gasteiger partial charge in [0.1, 0.15) is 18.4 Å². The second kappa shape index (κ2) is 2.95. The van der Waals surface area contributed by atoms with E-state index in [-0.39, 0.29) is 0 Å². The van der Waals surface area contributed by atoms with Gasteiger partial charge >= 0.3 is 0 Å². The lowest BCUT2D eigenvalue weighted by molar-refractivity contribution is 0.356. The van der Waals surface area contributed by atoms with Gasteiger partial charge in [0.15, 0.2) is 0 Å². The second-order valence-corrected chi connectivity index (χ2v) is 2.99. The van der Waals surface area contributed by atoms with Gasteiger partial charge < -0.3 is 4.74 Å². The van der Waals surface area contributed by atoms with Crippen LogP contribution < -0.4 is 4.74 Å². The highest BCUT2D eigenvalue weighted by Gasteiger charge is 2.13. The maximum absolute atomic E-state index is 8.83. The van der Waals surface area contributed by atoms with E-state index in [1.165, 1.54) is 5.57 Å². The van der Waals surface area contributed by atoms with E-state index in [1.54, 1.807) is 6.07 Å². The van der Waals surface area contributed by atoms with Gasteiger partial charge in [-0.25, -0.2) is 0 Å². The summed E-state index contributed by atoms with van der Waals surface area (Å²) in [5.41, 5.74) is 2.83. The van der Waals surface area contributed by atoms with Gasteiger partial charge in [0, 0.05) is 5.56 Å². The summed E-state index contributed by atoms with van der Waals surface area (Å²) in [4.78, 5) is 0. The lowest BCUT2D eigenvalue weighted by atomic mass is 10.0. The third kappa shape index (κ3) is 1.19. The Balaban J connectivity index is 2.65. The van der Waals surface area contributed by atoms with Crippen molar-refractivity contribution in [2.75, 3.05) is 6.61 Å². The molecule has 0 unspecified atom stereocenters. The number of allylic oxidation sites excluding steroid dienone is 1. The van der Waals surface area contributed by atoms with Crippen molar-refractivity contribution in [3.8, 4) is 11.8 Å². The van der Waals surface area contributed by atoms with Crippen LogP contribution in [0.25, 0.3) is 5.57 Å². The van der Waals surface area contributed by atoms with Crippen LogP contribution in [0.1, 0.15) is 18.1 Å². The first kappa shape index (κ1) is 7.88. The first-order valence-corrected chi connectivity index (χ1v) is 4.16. The molecule has 2 rings (SSSR count). The van der Waals surface area contributed by atoms with E-state index in [2.05, 4.69) is 6.07 Å². The molecule has 2 nitrogen and oxygen atoms in total. The van der Waals surface area contributed by atoms with Gasteiger partial charge in [0.25, 0.3) is 0 Å². The molecule has 0 saturated carbocycles. The molecule has 0 bridgehead atoms. The zero-order valence-corrected chi connectivity index (χ0v) is 7.37. The van der Waals surface area contributed by atoms with Crippen molar-refractivity contribution < 1.29 is 4.74 Å². The van der Waals surface area contributed by atoms with Gasteiger partial charge in [-0.1, -0.05) is 12.1 Å². The molecule has 1 aliphatic heterocycles. The first-order chi connectivity index (χ1) is 6.33. The van der Waals surface area contributed by atoms with E-state index in [0.29, 0.717) is 12.2 Å². The van der Waals surface area contributed by atoms with Crippen molar-refractivity contribution in [3.05, 3.63) is 35.4 Å². The van der Waals surface area contributed by atoms with Crippen molar-refractivity contribution >= 4 is 5.57 Å². The Bertz CT molecular complexity index is 413. The summed E-state index contributed by atoms with van der Waals surface area (Å²) in [6.45, 7) is 2.60. The van der Waals surface area contributed by atoms with Gasteiger partial charge in [-0.2, -0.15) is 5.26 Å². The van der Waals surface area contributed by atoms with E-state index in [4.69, 9.17) is 10.00 Å². The molecule has 1 heterocycles. The molecule has 0 amide bonds. The molecule has 1 aromatic carbocycles. The summed E-state index contributed by atoms with van der Waals surface area (Å²) in [5.74, 6) is 0.727. The Hall–Kier alpha value is -1.75. The summed E-state index contributed by atoms with van der Waals surface area (Å²) < 4.78 is 5.42. The largest absolute Gasteiger partial charge is 0.487 e. The van der Waals surface area contributed by atoms with Crippen molar-refractivity contribution in [2.45, 2.75) is 6.92 Å². The third-order valence-corrected chi connectivity index (χ3v) is 2.18. The summed E-state index contributed by atoms with van der Waals surface area (Å²) in [6, 6.07) is 7.75. The van der Waals surface area contributed by atoms with Gasteiger partial charge in [0.2, 0.25) is 0 Å².